The molecule has 1 unspecified atom stereocenters. The van der Waals surface area contributed by atoms with Crippen LogP contribution < -0.4 is 11.1 Å². The van der Waals surface area contributed by atoms with Gasteiger partial charge in [-0.3, -0.25) is 4.79 Å². The summed E-state index contributed by atoms with van der Waals surface area (Å²) in [5.74, 6) is 2.60. The molecule has 92 valence electrons. The molecule has 0 aliphatic rings. The van der Waals surface area contributed by atoms with Crippen molar-refractivity contribution in [2.75, 3.05) is 6.54 Å². The van der Waals surface area contributed by atoms with Gasteiger partial charge in [-0.15, -0.1) is 6.42 Å². The third-order valence-corrected chi connectivity index (χ3v) is 3.31. The summed E-state index contributed by atoms with van der Waals surface area (Å²) in [5.41, 5.74) is 5.25. The van der Waals surface area contributed by atoms with Gasteiger partial charge in [0.05, 0.1) is 11.5 Å². The van der Waals surface area contributed by atoms with Crippen molar-refractivity contribution in [2.45, 2.75) is 52.5 Å². The van der Waals surface area contributed by atoms with E-state index in [0.717, 1.165) is 25.7 Å². The Morgan fingerprint density at radius 1 is 1.44 bits per heavy atom. The van der Waals surface area contributed by atoms with E-state index in [1.807, 2.05) is 20.8 Å². The predicted octanol–water partition coefficient (Wildman–Crippen LogP) is 1.67. The maximum absolute atomic E-state index is 12.1. The number of hydrogen-bond acceptors (Lipinski definition) is 2. The molecule has 0 saturated carbocycles. The minimum absolute atomic E-state index is 0.00333. The molecule has 0 spiro atoms. The van der Waals surface area contributed by atoms with Crippen molar-refractivity contribution in [3.8, 4) is 12.3 Å². The normalized spacial score (nSPS) is 12.9. The van der Waals surface area contributed by atoms with Crippen LogP contribution >= 0.6 is 0 Å². The Hall–Kier alpha value is -1.01. The highest BCUT2D eigenvalue weighted by molar-refractivity contribution is 5.83. The van der Waals surface area contributed by atoms with Gasteiger partial charge >= 0.3 is 0 Å². The first-order valence-electron chi connectivity index (χ1n) is 6.07. The average molecular weight is 224 g/mol. The highest BCUT2D eigenvalue weighted by Crippen LogP contribution is 2.25. The molecule has 0 rings (SSSR count). The topological polar surface area (TPSA) is 55.1 Å². The molecule has 0 aliphatic heterocycles. The van der Waals surface area contributed by atoms with Crippen LogP contribution in [0, 0.1) is 17.8 Å². The SMILES string of the molecule is C#CC(CCC)NC(=O)C(CC)(CC)CN. The van der Waals surface area contributed by atoms with Crippen molar-refractivity contribution in [3.63, 3.8) is 0 Å². The first-order chi connectivity index (χ1) is 7.60. The molecule has 3 heteroatoms. The maximum Gasteiger partial charge on any atom is 0.228 e. The van der Waals surface area contributed by atoms with Gasteiger partial charge in [0.1, 0.15) is 0 Å². The highest BCUT2D eigenvalue weighted by atomic mass is 16.2. The Morgan fingerprint density at radius 3 is 2.31 bits per heavy atom. The van der Waals surface area contributed by atoms with Crippen LogP contribution in [-0.4, -0.2) is 18.5 Å². The predicted molar refractivity (Wildman–Crippen MR) is 67.7 cm³/mol. The zero-order chi connectivity index (χ0) is 12.6. The average Bonchev–Trinajstić information content (AvgIpc) is 2.31. The monoisotopic (exact) mass is 224 g/mol. The molecule has 0 aliphatic carbocycles. The van der Waals surface area contributed by atoms with Crippen LogP contribution in [-0.2, 0) is 4.79 Å². The second-order valence-electron chi connectivity index (χ2n) is 4.17. The third kappa shape index (κ3) is 3.53. The zero-order valence-electron chi connectivity index (χ0n) is 10.7. The number of nitrogens with one attached hydrogen (secondary N) is 1. The first kappa shape index (κ1) is 15.0. The number of carbonyl (C=O) groups is 1. The molecular weight excluding hydrogens is 200 g/mol. The van der Waals surface area contributed by atoms with Crippen LogP contribution in [0.15, 0.2) is 0 Å². The van der Waals surface area contributed by atoms with Gasteiger partial charge in [0, 0.05) is 6.54 Å². The summed E-state index contributed by atoms with van der Waals surface area (Å²) in [6.45, 7) is 6.39. The number of rotatable bonds is 7. The van der Waals surface area contributed by atoms with Gasteiger partial charge in [-0.1, -0.05) is 33.1 Å². The molecular formula is C13H24N2O. The standard InChI is InChI=1S/C13H24N2O/c1-5-9-11(6-2)15-12(16)13(7-3,8-4)10-14/h2,11H,5,7-10,14H2,1,3-4H3,(H,15,16). The van der Waals surface area contributed by atoms with Crippen molar-refractivity contribution >= 4 is 5.91 Å². The van der Waals surface area contributed by atoms with Gasteiger partial charge in [-0.05, 0) is 19.3 Å². The van der Waals surface area contributed by atoms with E-state index in [9.17, 15) is 4.79 Å². The van der Waals surface area contributed by atoms with Crippen LogP contribution in [0.1, 0.15) is 46.5 Å². The lowest BCUT2D eigenvalue weighted by molar-refractivity contribution is -0.131. The van der Waals surface area contributed by atoms with Crippen molar-refractivity contribution < 1.29 is 4.79 Å². The highest BCUT2D eigenvalue weighted by Gasteiger charge is 2.33. The summed E-state index contributed by atoms with van der Waals surface area (Å²) in [4.78, 5) is 12.1. The Kier molecular flexibility index (Phi) is 6.83. The largest absolute Gasteiger partial charge is 0.342 e. The summed E-state index contributed by atoms with van der Waals surface area (Å²) in [5, 5.41) is 2.91. The smallest absolute Gasteiger partial charge is 0.228 e. The minimum Gasteiger partial charge on any atom is -0.342 e. The van der Waals surface area contributed by atoms with Gasteiger partial charge in [-0.25, -0.2) is 0 Å². The number of terminal acetylenes is 1. The number of nitrogens with two attached hydrogens (primary N) is 1. The molecule has 0 aromatic rings. The van der Waals surface area contributed by atoms with E-state index in [-0.39, 0.29) is 11.9 Å². The second kappa shape index (κ2) is 7.29. The van der Waals surface area contributed by atoms with Crippen LogP contribution in [0.25, 0.3) is 0 Å². The molecule has 0 heterocycles. The lowest BCUT2D eigenvalue weighted by Gasteiger charge is -2.30. The van der Waals surface area contributed by atoms with E-state index in [0.29, 0.717) is 6.54 Å². The van der Waals surface area contributed by atoms with Crippen molar-refractivity contribution in [3.05, 3.63) is 0 Å². The lowest BCUT2D eigenvalue weighted by atomic mass is 9.81. The minimum atomic E-state index is -0.456. The molecule has 1 amide bonds. The molecule has 0 bridgehead atoms. The molecule has 3 N–H and O–H groups in total. The van der Waals surface area contributed by atoms with E-state index in [1.54, 1.807) is 0 Å². The quantitative estimate of drug-likeness (QED) is 0.646. The Morgan fingerprint density at radius 2 is 2.00 bits per heavy atom. The van der Waals surface area contributed by atoms with Gasteiger partial charge in [0.25, 0.3) is 0 Å². The maximum atomic E-state index is 12.1. The van der Waals surface area contributed by atoms with Crippen LogP contribution in [0.2, 0.25) is 0 Å². The first-order valence-corrected chi connectivity index (χ1v) is 6.07. The van der Waals surface area contributed by atoms with Crippen molar-refractivity contribution in [1.29, 1.82) is 0 Å². The van der Waals surface area contributed by atoms with Gasteiger partial charge in [0.15, 0.2) is 0 Å². The molecule has 0 saturated heterocycles. The van der Waals surface area contributed by atoms with Crippen LogP contribution in [0.5, 0.6) is 0 Å². The molecule has 1 atom stereocenters. The fourth-order valence-corrected chi connectivity index (χ4v) is 1.75. The lowest BCUT2D eigenvalue weighted by Crippen LogP contribution is -2.48. The summed E-state index contributed by atoms with van der Waals surface area (Å²) in [6, 6.07) is -0.165. The molecule has 0 fully saturated rings. The third-order valence-electron chi connectivity index (χ3n) is 3.31. The molecule has 0 aromatic carbocycles. The fourth-order valence-electron chi connectivity index (χ4n) is 1.75. The number of amides is 1. The number of carbonyl (C=O) groups excluding carboxylic acids is 1. The molecule has 16 heavy (non-hydrogen) atoms. The second-order valence-corrected chi connectivity index (χ2v) is 4.17. The zero-order valence-corrected chi connectivity index (χ0v) is 10.7. The van der Waals surface area contributed by atoms with Crippen molar-refractivity contribution in [2.24, 2.45) is 11.1 Å². The molecule has 0 radical (unpaired) electrons. The van der Waals surface area contributed by atoms with Gasteiger partial charge in [0.2, 0.25) is 5.91 Å². The van der Waals surface area contributed by atoms with Crippen LogP contribution in [0.3, 0.4) is 0 Å². The summed E-state index contributed by atoms with van der Waals surface area (Å²) < 4.78 is 0. The van der Waals surface area contributed by atoms with E-state index in [4.69, 9.17) is 12.2 Å². The van der Waals surface area contributed by atoms with E-state index in [2.05, 4.69) is 11.2 Å². The Labute approximate surface area is 99.2 Å². The molecule has 0 aromatic heterocycles. The van der Waals surface area contributed by atoms with Crippen LogP contribution in [0.4, 0.5) is 0 Å². The summed E-state index contributed by atoms with van der Waals surface area (Å²) >= 11 is 0. The van der Waals surface area contributed by atoms with E-state index >= 15 is 0 Å². The Bertz CT molecular complexity index is 243. The fraction of sp³-hybridized carbons (Fsp3) is 0.769. The summed E-state index contributed by atoms with van der Waals surface area (Å²) in [7, 11) is 0. The van der Waals surface area contributed by atoms with Gasteiger partial charge < -0.3 is 11.1 Å². The van der Waals surface area contributed by atoms with E-state index in [1.165, 1.54) is 0 Å². The molecule has 3 nitrogen and oxygen atoms in total. The summed E-state index contributed by atoms with van der Waals surface area (Å²) in [6.07, 6.45) is 8.65. The van der Waals surface area contributed by atoms with Crippen molar-refractivity contribution in [1.82, 2.24) is 5.32 Å². The van der Waals surface area contributed by atoms with E-state index < -0.39 is 5.41 Å². The Balaban J connectivity index is 4.59. The van der Waals surface area contributed by atoms with Gasteiger partial charge in [-0.2, -0.15) is 0 Å². The number of hydrogen-bond donors (Lipinski definition) is 2.